The second kappa shape index (κ2) is 5.25. The van der Waals surface area contributed by atoms with Crippen LogP contribution in [-0.4, -0.2) is 9.78 Å². The molecule has 0 fully saturated rings. The van der Waals surface area contributed by atoms with Crippen molar-refractivity contribution in [2.45, 2.75) is 33.7 Å². The van der Waals surface area contributed by atoms with E-state index >= 15 is 0 Å². The molecule has 1 aromatic carbocycles. The van der Waals surface area contributed by atoms with E-state index in [1.54, 1.807) is 10.7 Å². The first-order valence-electron chi connectivity index (χ1n) is 6.39. The molecule has 0 amide bonds. The second-order valence-corrected chi connectivity index (χ2v) is 5.23. The first-order chi connectivity index (χ1) is 8.56. The van der Waals surface area contributed by atoms with Crippen LogP contribution in [0.4, 0.5) is 0 Å². The first kappa shape index (κ1) is 12.7. The van der Waals surface area contributed by atoms with Crippen LogP contribution < -0.4 is 5.56 Å². The maximum Gasteiger partial charge on any atom is 0.267 e. The minimum atomic E-state index is 0.0499. The molecular weight excluding hydrogens is 224 g/mol. The zero-order valence-electron chi connectivity index (χ0n) is 11.2. The lowest BCUT2D eigenvalue weighted by atomic mass is 10.1. The fourth-order valence-corrected chi connectivity index (χ4v) is 2.11. The lowest BCUT2D eigenvalue weighted by Crippen LogP contribution is -2.17. The number of H-pyrrole nitrogens is 1. The Hall–Kier alpha value is -1.77. The summed E-state index contributed by atoms with van der Waals surface area (Å²) < 4.78 is 1.68. The zero-order chi connectivity index (χ0) is 13.1. The van der Waals surface area contributed by atoms with E-state index in [1.807, 2.05) is 12.1 Å². The molecule has 0 aliphatic heterocycles. The maximum absolute atomic E-state index is 11.9. The normalized spacial score (nSPS) is 11.1. The van der Waals surface area contributed by atoms with E-state index in [0.717, 1.165) is 12.1 Å². The Labute approximate surface area is 107 Å². The molecule has 1 aromatic heterocycles. The Kier molecular flexibility index (Phi) is 3.70. The third-order valence-electron chi connectivity index (χ3n) is 3.06. The van der Waals surface area contributed by atoms with Crippen molar-refractivity contribution in [3.05, 3.63) is 57.5 Å². The Morgan fingerprint density at radius 2 is 2.00 bits per heavy atom. The van der Waals surface area contributed by atoms with E-state index in [9.17, 15) is 4.79 Å². The van der Waals surface area contributed by atoms with Crippen molar-refractivity contribution in [3.63, 3.8) is 0 Å². The van der Waals surface area contributed by atoms with Crippen LogP contribution in [0.2, 0.25) is 0 Å². The van der Waals surface area contributed by atoms with Crippen molar-refractivity contribution in [1.82, 2.24) is 9.78 Å². The monoisotopic (exact) mass is 244 g/mol. The van der Waals surface area contributed by atoms with Crippen LogP contribution in [-0.2, 0) is 13.0 Å². The Bertz CT molecular complexity index is 578. The number of nitrogens with one attached hydrogen (secondary N) is 1. The number of aryl methyl sites for hydroxylation is 1. The molecule has 0 atom stereocenters. The van der Waals surface area contributed by atoms with Gasteiger partial charge in [0.15, 0.2) is 0 Å². The highest BCUT2D eigenvalue weighted by Crippen LogP contribution is 2.08. The lowest BCUT2D eigenvalue weighted by Gasteiger charge is -2.06. The van der Waals surface area contributed by atoms with Crippen molar-refractivity contribution in [2.75, 3.05) is 0 Å². The molecule has 0 saturated heterocycles. The first-order valence-corrected chi connectivity index (χ1v) is 6.39. The summed E-state index contributed by atoms with van der Waals surface area (Å²) in [4.78, 5) is 11.9. The topological polar surface area (TPSA) is 37.8 Å². The van der Waals surface area contributed by atoms with E-state index in [-0.39, 0.29) is 5.56 Å². The molecule has 0 unspecified atom stereocenters. The van der Waals surface area contributed by atoms with Crippen molar-refractivity contribution in [3.8, 4) is 0 Å². The predicted molar refractivity (Wildman–Crippen MR) is 73.9 cm³/mol. The van der Waals surface area contributed by atoms with Gasteiger partial charge in [0, 0.05) is 11.8 Å². The summed E-state index contributed by atoms with van der Waals surface area (Å²) in [7, 11) is 0. The van der Waals surface area contributed by atoms with Gasteiger partial charge in [-0.1, -0.05) is 38.1 Å². The summed E-state index contributed by atoms with van der Waals surface area (Å²) in [6, 6.07) is 9.85. The van der Waals surface area contributed by atoms with E-state index in [1.165, 1.54) is 11.1 Å². The summed E-state index contributed by atoms with van der Waals surface area (Å²) in [5.74, 6) is 0.551. The van der Waals surface area contributed by atoms with Gasteiger partial charge in [0.25, 0.3) is 5.56 Å². The largest absolute Gasteiger partial charge is 0.299 e. The SMILES string of the molecule is Cc1ccccc1Cn1[nH]c(CC(C)C)cc1=O. The number of hydrogen-bond acceptors (Lipinski definition) is 1. The highest BCUT2D eigenvalue weighted by Gasteiger charge is 2.06. The smallest absolute Gasteiger partial charge is 0.267 e. The van der Waals surface area contributed by atoms with Gasteiger partial charge in [0.05, 0.1) is 6.54 Å². The number of hydrogen-bond donors (Lipinski definition) is 1. The third-order valence-corrected chi connectivity index (χ3v) is 3.06. The molecule has 1 N–H and O–H groups in total. The number of benzene rings is 1. The average Bonchev–Trinajstić information content (AvgIpc) is 2.61. The van der Waals surface area contributed by atoms with Crippen LogP contribution in [0.3, 0.4) is 0 Å². The molecule has 0 aliphatic rings. The van der Waals surface area contributed by atoms with Crippen molar-refractivity contribution < 1.29 is 0 Å². The van der Waals surface area contributed by atoms with Crippen LogP contribution in [0.1, 0.15) is 30.7 Å². The lowest BCUT2D eigenvalue weighted by molar-refractivity contribution is 0.602. The highest BCUT2D eigenvalue weighted by molar-refractivity contribution is 5.25. The fourth-order valence-electron chi connectivity index (χ4n) is 2.11. The zero-order valence-corrected chi connectivity index (χ0v) is 11.2. The molecule has 3 heteroatoms. The van der Waals surface area contributed by atoms with Crippen LogP contribution >= 0.6 is 0 Å². The molecule has 18 heavy (non-hydrogen) atoms. The van der Waals surface area contributed by atoms with Gasteiger partial charge >= 0.3 is 0 Å². The fraction of sp³-hybridized carbons (Fsp3) is 0.400. The molecule has 2 rings (SSSR count). The molecule has 0 aliphatic carbocycles. The standard InChI is InChI=1S/C15H20N2O/c1-11(2)8-14-9-15(18)17(16-14)10-13-7-5-4-6-12(13)3/h4-7,9,11,16H,8,10H2,1-3H3. The summed E-state index contributed by atoms with van der Waals surface area (Å²) in [6.07, 6.45) is 0.913. The Morgan fingerprint density at radius 1 is 1.28 bits per heavy atom. The molecular formula is C15H20N2O. The van der Waals surface area contributed by atoms with Gasteiger partial charge in [-0.3, -0.25) is 9.89 Å². The third kappa shape index (κ3) is 2.92. The van der Waals surface area contributed by atoms with Crippen molar-refractivity contribution >= 4 is 0 Å². The summed E-state index contributed by atoms with van der Waals surface area (Å²) in [5, 5.41) is 3.19. The van der Waals surface area contributed by atoms with Gasteiger partial charge in [-0.25, -0.2) is 4.68 Å². The molecule has 2 aromatic rings. The van der Waals surface area contributed by atoms with Crippen molar-refractivity contribution in [1.29, 1.82) is 0 Å². The number of aromatic nitrogens is 2. The summed E-state index contributed by atoms with van der Waals surface area (Å²) in [6.45, 7) is 6.98. The minimum absolute atomic E-state index is 0.0499. The van der Waals surface area contributed by atoms with Crippen LogP contribution in [0.25, 0.3) is 0 Å². The van der Waals surface area contributed by atoms with Crippen LogP contribution in [0.5, 0.6) is 0 Å². The van der Waals surface area contributed by atoms with Gasteiger partial charge < -0.3 is 0 Å². The van der Waals surface area contributed by atoms with Gasteiger partial charge in [-0.15, -0.1) is 0 Å². The summed E-state index contributed by atoms with van der Waals surface area (Å²) in [5.41, 5.74) is 3.46. The quantitative estimate of drug-likeness (QED) is 0.882. The minimum Gasteiger partial charge on any atom is -0.299 e. The Balaban J connectivity index is 2.22. The van der Waals surface area contributed by atoms with Gasteiger partial charge in [0.1, 0.15) is 0 Å². The van der Waals surface area contributed by atoms with Crippen molar-refractivity contribution in [2.24, 2.45) is 5.92 Å². The maximum atomic E-state index is 11.9. The number of nitrogens with zero attached hydrogens (tertiary/aromatic N) is 1. The van der Waals surface area contributed by atoms with E-state index in [2.05, 4.69) is 38.0 Å². The molecule has 0 radical (unpaired) electrons. The van der Waals surface area contributed by atoms with Crippen LogP contribution in [0.15, 0.2) is 35.1 Å². The molecule has 0 bridgehead atoms. The number of rotatable bonds is 4. The molecule has 1 heterocycles. The molecule has 3 nitrogen and oxygen atoms in total. The van der Waals surface area contributed by atoms with E-state index in [4.69, 9.17) is 0 Å². The molecule has 96 valence electrons. The molecule has 0 saturated carbocycles. The Morgan fingerprint density at radius 3 is 2.67 bits per heavy atom. The average molecular weight is 244 g/mol. The highest BCUT2D eigenvalue weighted by atomic mass is 16.1. The second-order valence-electron chi connectivity index (χ2n) is 5.23. The number of aromatic amines is 1. The van der Waals surface area contributed by atoms with E-state index in [0.29, 0.717) is 12.5 Å². The van der Waals surface area contributed by atoms with Gasteiger partial charge in [-0.05, 0) is 30.4 Å². The summed E-state index contributed by atoms with van der Waals surface area (Å²) >= 11 is 0. The van der Waals surface area contributed by atoms with Gasteiger partial charge in [-0.2, -0.15) is 0 Å². The van der Waals surface area contributed by atoms with E-state index < -0.39 is 0 Å². The predicted octanol–water partition coefficient (Wildman–Crippen LogP) is 2.73. The molecule has 0 spiro atoms. The van der Waals surface area contributed by atoms with Crippen LogP contribution in [0, 0.1) is 12.8 Å². The van der Waals surface area contributed by atoms with Gasteiger partial charge in [0.2, 0.25) is 0 Å².